The second-order valence-corrected chi connectivity index (χ2v) is 16.1. The van der Waals surface area contributed by atoms with Crippen LogP contribution in [0.15, 0.2) is 45.0 Å². The molecule has 0 heterocycles. The summed E-state index contributed by atoms with van der Waals surface area (Å²) in [5.41, 5.74) is -2.25. The monoisotopic (exact) mass is 659 g/mol. The van der Waals surface area contributed by atoms with E-state index in [2.05, 4.69) is 12.1 Å². The molecule has 238 valence electrons. The van der Waals surface area contributed by atoms with Crippen molar-refractivity contribution < 1.29 is 38.7 Å². The maximum Gasteiger partial charge on any atom is 0.446 e. The summed E-state index contributed by atoms with van der Waals surface area (Å²) < 4.78 is 109. The van der Waals surface area contributed by atoms with Crippen molar-refractivity contribution in [2.75, 3.05) is 0 Å². The lowest BCUT2D eigenvalue weighted by Gasteiger charge is -2.32. The van der Waals surface area contributed by atoms with Crippen LogP contribution in [0.2, 0.25) is 0 Å². The Morgan fingerprint density at radius 2 is 1.16 bits per heavy atom. The van der Waals surface area contributed by atoms with Gasteiger partial charge in [0.05, 0.1) is 4.90 Å². The molecule has 0 amide bonds. The van der Waals surface area contributed by atoms with Gasteiger partial charge in [-0.1, -0.05) is 69.9 Å². The Labute approximate surface area is 257 Å². The fourth-order valence-corrected chi connectivity index (χ4v) is 10.2. The molecule has 0 atom stereocenters. The van der Waals surface area contributed by atoms with E-state index in [0.29, 0.717) is 18.1 Å². The highest BCUT2D eigenvalue weighted by Gasteiger charge is 2.36. The zero-order valence-corrected chi connectivity index (χ0v) is 26.5. The van der Waals surface area contributed by atoms with Crippen molar-refractivity contribution in [2.24, 2.45) is 0 Å². The Balaban J connectivity index is 1.64. The van der Waals surface area contributed by atoms with Crippen LogP contribution in [0.3, 0.4) is 0 Å². The van der Waals surface area contributed by atoms with Crippen molar-refractivity contribution in [3.05, 3.63) is 47.0 Å². The first-order valence-electron chi connectivity index (χ1n) is 15.3. The van der Waals surface area contributed by atoms with Crippen molar-refractivity contribution in [1.82, 2.24) is 0 Å². The van der Waals surface area contributed by atoms with E-state index in [1.54, 1.807) is 0 Å². The molecule has 5 rings (SSSR count). The number of rotatable bonds is 8. The number of hydrogen-bond acceptors (Lipinski definition) is 7. The van der Waals surface area contributed by atoms with E-state index in [1.165, 1.54) is 12.0 Å². The van der Waals surface area contributed by atoms with Crippen LogP contribution in [0, 0.1) is 0 Å². The van der Waals surface area contributed by atoms with Gasteiger partial charge in [0.1, 0.15) is 20.8 Å². The lowest BCUT2D eigenvalue weighted by atomic mass is 9.76. The maximum atomic E-state index is 14.3. The summed E-state index contributed by atoms with van der Waals surface area (Å²) in [6, 6.07) is 6.41. The molecule has 3 aliphatic rings. The van der Waals surface area contributed by atoms with Gasteiger partial charge >= 0.3 is 15.6 Å². The maximum absolute atomic E-state index is 14.3. The van der Waals surface area contributed by atoms with Gasteiger partial charge in [-0.25, -0.2) is 8.42 Å². The summed E-state index contributed by atoms with van der Waals surface area (Å²) in [5, 5.41) is 0. The second kappa shape index (κ2) is 13.3. The van der Waals surface area contributed by atoms with E-state index in [1.807, 2.05) is 0 Å². The van der Waals surface area contributed by atoms with Gasteiger partial charge < -0.3 is 8.74 Å². The van der Waals surface area contributed by atoms with Gasteiger partial charge in [0.15, 0.2) is 0 Å². The largest absolute Gasteiger partial charge is 0.744 e. The summed E-state index contributed by atoms with van der Waals surface area (Å²) in [7, 11) is -9.80. The topological polar surface area (TPSA) is 101 Å². The van der Waals surface area contributed by atoms with E-state index in [-0.39, 0.29) is 16.7 Å². The molecule has 0 aromatic heterocycles. The first-order valence-corrected chi connectivity index (χ1v) is 18.9. The molecular weight excluding hydrogens is 622 g/mol. The lowest BCUT2D eigenvalue weighted by Crippen LogP contribution is -2.21. The molecule has 0 saturated heterocycles. The zero-order chi connectivity index (χ0) is 30.8. The molecule has 0 unspecified atom stereocenters. The number of halogens is 3. The SMILES string of the molecule is O=S(=O)([O-])c1ccc(OS(=O)(=O)c2c(C3CCCCC3)cc(C3CCCCC3)cc2C2CCCCC2)cc1SC(F)(F)F. The average Bonchev–Trinajstić information content (AvgIpc) is 2.96. The molecule has 0 N–H and O–H groups in total. The Morgan fingerprint density at radius 3 is 1.60 bits per heavy atom. The summed E-state index contributed by atoms with van der Waals surface area (Å²) >= 11 is -0.794. The fraction of sp³-hybridized carbons (Fsp3) is 0.613. The van der Waals surface area contributed by atoms with Gasteiger partial charge in [-0.2, -0.15) is 21.6 Å². The Morgan fingerprint density at radius 1 is 0.698 bits per heavy atom. The predicted octanol–water partition coefficient (Wildman–Crippen LogP) is 9.11. The molecule has 2 aromatic rings. The van der Waals surface area contributed by atoms with Crippen LogP contribution < -0.4 is 4.18 Å². The fourth-order valence-electron chi connectivity index (χ4n) is 7.21. The summed E-state index contributed by atoms with van der Waals surface area (Å²) in [6.07, 6.45) is 15.1. The standard InChI is InChI=1S/C31H39F3O6S3/c32-31(33,34)41-28-20-25(16-17-29(28)42(35,36)37)40-43(38,39)30-26(22-12-6-2-7-13-22)18-24(21-10-4-1-5-11-21)19-27(30)23-14-8-3-9-15-23/h16-23H,1-15H2,(H,35,36,37)/p-1. The normalized spacial score (nSPS) is 20.3. The molecule has 3 aliphatic carbocycles. The van der Waals surface area contributed by atoms with E-state index < -0.39 is 53.0 Å². The van der Waals surface area contributed by atoms with Crippen LogP contribution in [-0.4, -0.2) is 26.9 Å². The molecule has 0 spiro atoms. The number of alkyl halides is 3. The molecular formula is C31H38F3O6S3-. The zero-order valence-electron chi connectivity index (χ0n) is 24.0. The number of hydrogen-bond donors (Lipinski definition) is 0. The highest BCUT2D eigenvalue weighted by Crippen LogP contribution is 2.47. The smallest absolute Gasteiger partial charge is 0.446 e. The minimum atomic E-state index is -5.25. The molecule has 0 radical (unpaired) electrons. The summed E-state index contributed by atoms with van der Waals surface area (Å²) in [5.74, 6) is -0.0611. The summed E-state index contributed by atoms with van der Waals surface area (Å²) in [6.45, 7) is 0. The third-order valence-electron chi connectivity index (χ3n) is 9.20. The van der Waals surface area contributed by atoms with Crippen LogP contribution in [0.25, 0.3) is 0 Å². The van der Waals surface area contributed by atoms with Crippen LogP contribution >= 0.6 is 11.8 Å². The Kier molecular flexibility index (Phi) is 10.1. The molecule has 3 fully saturated rings. The first-order chi connectivity index (χ1) is 20.3. The van der Waals surface area contributed by atoms with Crippen molar-refractivity contribution in [3.8, 4) is 5.75 Å². The van der Waals surface area contributed by atoms with Crippen LogP contribution in [0.4, 0.5) is 13.2 Å². The Bertz CT molecular complexity index is 1460. The quantitative estimate of drug-likeness (QED) is 0.158. The lowest BCUT2D eigenvalue weighted by molar-refractivity contribution is -0.0329. The van der Waals surface area contributed by atoms with Crippen molar-refractivity contribution >= 4 is 32.0 Å². The molecule has 0 bridgehead atoms. The third kappa shape index (κ3) is 8.10. The van der Waals surface area contributed by atoms with Crippen molar-refractivity contribution in [3.63, 3.8) is 0 Å². The van der Waals surface area contributed by atoms with E-state index in [9.17, 15) is 34.6 Å². The summed E-state index contributed by atoms with van der Waals surface area (Å²) in [4.78, 5) is -1.89. The number of thioether (sulfide) groups is 1. The predicted molar refractivity (Wildman–Crippen MR) is 158 cm³/mol. The van der Waals surface area contributed by atoms with Gasteiger partial charge in [0.2, 0.25) is 0 Å². The minimum absolute atomic E-state index is 0.0253. The van der Waals surface area contributed by atoms with E-state index in [0.717, 1.165) is 107 Å². The molecule has 3 saturated carbocycles. The highest BCUT2D eigenvalue weighted by atomic mass is 32.2. The second-order valence-electron chi connectivity index (χ2n) is 12.2. The molecule has 12 heteroatoms. The number of benzene rings is 2. The van der Waals surface area contributed by atoms with Crippen molar-refractivity contribution in [1.29, 1.82) is 0 Å². The van der Waals surface area contributed by atoms with Gasteiger partial charge in [0.25, 0.3) is 0 Å². The van der Waals surface area contributed by atoms with Gasteiger partial charge in [-0.05, 0) is 103 Å². The minimum Gasteiger partial charge on any atom is -0.744 e. The van der Waals surface area contributed by atoms with Crippen LogP contribution in [0.1, 0.15) is 131 Å². The first kappa shape index (κ1) is 32.6. The van der Waals surface area contributed by atoms with Crippen LogP contribution in [-0.2, 0) is 20.2 Å². The third-order valence-corrected chi connectivity index (χ3v) is 12.4. The highest BCUT2D eigenvalue weighted by molar-refractivity contribution is 8.00. The van der Waals surface area contributed by atoms with Gasteiger partial charge in [-0.15, -0.1) is 0 Å². The van der Waals surface area contributed by atoms with Gasteiger partial charge in [0, 0.05) is 4.90 Å². The molecule has 43 heavy (non-hydrogen) atoms. The average molecular weight is 660 g/mol. The van der Waals surface area contributed by atoms with E-state index >= 15 is 0 Å². The molecule has 0 aliphatic heterocycles. The molecule has 2 aromatic carbocycles. The van der Waals surface area contributed by atoms with Crippen LogP contribution in [0.5, 0.6) is 5.75 Å². The van der Waals surface area contributed by atoms with Crippen molar-refractivity contribution in [2.45, 2.75) is 134 Å². The van der Waals surface area contributed by atoms with E-state index in [4.69, 9.17) is 4.18 Å². The molecule has 6 nitrogen and oxygen atoms in total. The van der Waals surface area contributed by atoms with Gasteiger partial charge in [-0.3, -0.25) is 0 Å². The Hall–Kier alpha value is -1.76.